The van der Waals surface area contributed by atoms with Crippen LogP contribution in [0.3, 0.4) is 0 Å². The van der Waals surface area contributed by atoms with Gasteiger partial charge < -0.3 is 9.64 Å². The second-order valence-electron chi connectivity index (χ2n) is 9.10. The summed E-state index contributed by atoms with van der Waals surface area (Å²) in [5, 5.41) is 0. The molecule has 2 bridgehead atoms. The Morgan fingerprint density at radius 3 is 2.56 bits per heavy atom. The van der Waals surface area contributed by atoms with Gasteiger partial charge in [0, 0.05) is 30.5 Å². The van der Waals surface area contributed by atoms with Crippen LogP contribution in [0.5, 0.6) is 5.75 Å². The molecule has 4 nitrogen and oxygen atoms in total. The zero-order valence-electron chi connectivity index (χ0n) is 16.5. The largest absolute Gasteiger partial charge is 0.496 e. The highest BCUT2D eigenvalue weighted by atomic mass is 16.5. The number of benzene rings is 1. The molecule has 4 heteroatoms. The number of likely N-dealkylation sites (tertiary alicyclic amines) is 1. The molecule has 5 aliphatic rings. The van der Waals surface area contributed by atoms with E-state index in [0.29, 0.717) is 35.7 Å². The van der Waals surface area contributed by atoms with E-state index in [4.69, 9.17) is 4.74 Å². The van der Waals surface area contributed by atoms with E-state index in [0.717, 1.165) is 18.7 Å². The molecule has 1 aliphatic carbocycles. The van der Waals surface area contributed by atoms with Crippen molar-refractivity contribution in [3.05, 3.63) is 29.8 Å². The molecule has 0 unspecified atom stereocenters. The van der Waals surface area contributed by atoms with E-state index in [-0.39, 0.29) is 0 Å². The molecule has 0 N–H and O–H groups in total. The maximum absolute atomic E-state index is 13.3. The zero-order chi connectivity index (χ0) is 18.4. The molecule has 6 rings (SSSR count). The maximum atomic E-state index is 13.3. The summed E-state index contributed by atoms with van der Waals surface area (Å²) in [5.41, 5.74) is 1.29. The molecule has 4 aliphatic heterocycles. The molecule has 5 fully saturated rings. The predicted molar refractivity (Wildman–Crippen MR) is 106 cm³/mol. The number of para-hydroxylation sites is 1. The molecule has 1 saturated carbocycles. The van der Waals surface area contributed by atoms with Gasteiger partial charge in [-0.25, -0.2) is 0 Å². The topological polar surface area (TPSA) is 32.8 Å². The summed E-state index contributed by atoms with van der Waals surface area (Å²) in [5.74, 6) is 3.09. The molecule has 0 spiro atoms. The Bertz CT molecular complexity index is 691. The van der Waals surface area contributed by atoms with Crippen molar-refractivity contribution < 1.29 is 9.53 Å². The lowest BCUT2D eigenvalue weighted by molar-refractivity contribution is -0.137. The molecule has 146 valence electrons. The third-order valence-electron chi connectivity index (χ3n) is 7.79. The van der Waals surface area contributed by atoms with E-state index >= 15 is 0 Å². The molecule has 4 heterocycles. The van der Waals surface area contributed by atoms with Gasteiger partial charge in [-0.2, -0.15) is 0 Å². The van der Waals surface area contributed by atoms with Crippen molar-refractivity contribution in [2.45, 2.75) is 62.9 Å². The first-order chi connectivity index (χ1) is 13.3. The van der Waals surface area contributed by atoms with Gasteiger partial charge in [0.05, 0.1) is 13.2 Å². The minimum atomic E-state index is 0.377. The van der Waals surface area contributed by atoms with Crippen LogP contribution in [0.2, 0.25) is 0 Å². The SMILES string of the molecule is COc1ccccc1[C@@H]1CN(C(=O)CC2CCCC2)[C@H]2C3CCN(CC3)[C@@H]12. The van der Waals surface area contributed by atoms with Crippen molar-refractivity contribution in [2.24, 2.45) is 11.8 Å². The van der Waals surface area contributed by atoms with Gasteiger partial charge in [0.2, 0.25) is 5.91 Å². The standard InChI is InChI=1S/C23H32N2O2/c1-27-20-9-5-4-8-18(20)19-15-25(21(26)14-16-6-2-3-7-16)22-17-10-12-24(13-11-17)23(19)22/h4-5,8-9,16-17,19,22-23H,2-3,6-7,10-15H2,1H3/t19-,22-,23-/m0/s1. The molecule has 4 saturated heterocycles. The first kappa shape index (κ1) is 17.5. The summed E-state index contributed by atoms with van der Waals surface area (Å²) in [7, 11) is 1.77. The van der Waals surface area contributed by atoms with Crippen molar-refractivity contribution in [2.75, 3.05) is 26.7 Å². The number of methoxy groups -OCH3 is 1. The quantitative estimate of drug-likeness (QED) is 0.813. The number of amides is 1. The summed E-state index contributed by atoms with van der Waals surface area (Å²) in [4.78, 5) is 18.3. The minimum absolute atomic E-state index is 0.377. The average molecular weight is 369 g/mol. The fourth-order valence-corrected chi connectivity index (χ4v) is 6.53. The van der Waals surface area contributed by atoms with E-state index in [1.807, 2.05) is 6.07 Å². The van der Waals surface area contributed by atoms with Gasteiger partial charge in [0.15, 0.2) is 0 Å². The van der Waals surface area contributed by atoms with Crippen LogP contribution in [0, 0.1) is 11.8 Å². The highest BCUT2D eigenvalue weighted by Gasteiger charge is 2.55. The summed E-state index contributed by atoms with van der Waals surface area (Å²) >= 11 is 0. The van der Waals surface area contributed by atoms with Crippen molar-refractivity contribution in [1.29, 1.82) is 0 Å². The summed E-state index contributed by atoms with van der Waals surface area (Å²) in [6, 6.07) is 9.34. The first-order valence-electron chi connectivity index (χ1n) is 10.9. The summed E-state index contributed by atoms with van der Waals surface area (Å²) < 4.78 is 5.70. The van der Waals surface area contributed by atoms with Gasteiger partial charge >= 0.3 is 0 Å². The molecule has 1 amide bonds. The van der Waals surface area contributed by atoms with E-state index in [1.165, 1.54) is 57.2 Å². The van der Waals surface area contributed by atoms with Crippen molar-refractivity contribution in [3.63, 3.8) is 0 Å². The number of rotatable bonds is 4. The molecule has 1 aromatic rings. The lowest BCUT2D eigenvalue weighted by atomic mass is 9.75. The van der Waals surface area contributed by atoms with E-state index in [1.54, 1.807) is 7.11 Å². The van der Waals surface area contributed by atoms with Gasteiger partial charge in [-0.3, -0.25) is 9.69 Å². The van der Waals surface area contributed by atoms with Crippen LogP contribution in [-0.2, 0) is 4.79 Å². The molecule has 1 aromatic carbocycles. The number of fused-ring (bicyclic) bond motifs is 2. The van der Waals surface area contributed by atoms with Crippen LogP contribution in [-0.4, -0.2) is 54.5 Å². The highest BCUT2D eigenvalue weighted by Crippen LogP contribution is 2.48. The van der Waals surface area contributed by atoms with Crippen LogP contribution in [0.1, 0.15) is 56.4 Å². The minimum Gasteiger partial charge on any atom is -0.496 e. The first-order valence-corrected chi connectivity index (χ1v) is 10.9. The lowest BCUT2D eigenvalue weighted by Crippen LogP contribution is -2.60. The van der Waals surface area contributed by atoms with Crippen molar-refractivity contribution in [3.8, 4) is 5.75 Å². The molecule has 27 heavy (non-hydrogen) atoms. The van der Waals surface area contributed by atoms with E-state index < -0.39 is 0 Å². The smallest absolute Gasteiger partial charge is 0.223 e. The summed E-state index contributed by atoms with van der Waals surface area (Å²) in [6.07, 6.45) is 8.40. The molecular weight excluding hydrogens is 336 g/mol. The van der Waals surface area contributed by atoms with Crippen LogP contribution in [0.4, 0.5) is 0 Å². The monoisotopic (exact) mass is 368 g/mol. The number of nitrogens with zero attached hydrogens (tertiary/aromatic N) is 2. The second-order valence-corrected chi connectivity index (χ2v) is 9.10. The second kappa shape index (κ2) is 7.12. The highest BCUT2D eigenvalue weighted by molar-refractivity contribution is 5.78. The van der Waals surface area contributed by atoms with Crippen molar-refractivity contribution >= 4 is 5.91 Å². The number of carbonyl (C=O) groups is 1. The molecule has 0 aromatic heterocycles. The van der Waals surface area contributed by atoms with Gasteiger partial charge in [-0.15, -0.1) is 0 Å². The van der Waals surface area contributed by atoms with E-state index in [9.17, 15) is 4.79 Å². The van der Waals surface area contributed by atoms with Gasteiger partial charge in [0.1, 0.15) is 5.75 Å². The normalized spacial score (nSPS) is 35.4. The van der Waals surface area contributed by atoms with E-state index in [2.05, 4.69) is 28.0 Å². The van der Waals surface area contributed by atoms with Crippen LogP contribution < -0.4 is 4.74 Å². The zero-order valence-corrected chi connectivity index (χ0v) is 16.5. The average Bonchev–Trinajstić information content (AvgIpc) is 3.37. The third-order valence-corrected chi connectivity index (χ3v) is 7.79. The summed E-state index contributed by atoms with van der Waals surface area (Å²) in [6.45, 7) is 3.26. The number of piperidine rings is 3. The Hall–Kier alpha value is -1.55. The van der Waals surface area contributed by atoms with Crippen molar-refractivity contribution in [1.82, 2.24) is 9.80 Å². The Balaban J connectivity index is 1.45. The Kier molecular flexibility index (Phi) is 4.63. The number of hydrogen-bond acceptors (Lipinski definition) is 3. The van der Waals surface area contributed by atoms with Crippen LogP contribution >= 0.6 is 0 Å². The molecule has 0 radical (unpaired) electrons. The number of hydrogen-bond donors (Lipinski definition) is 0. The van der Waals surface area contributed by atoms with Crippen LogP contribution in [0.25, 0.3) is 0 Å². The predicted octanol–water partition coefficient (Wildman–Crippen LogP) is 3.66. The van der Waals surface area contributed by atoms with Gasteiger partial charge in [-0.1, -0.05) is 31.0 Å². The Morgan fingerprint density at radius 2 is 1.81 bits per heavy atom. The van der Waals surface area contributed by atoms with Crippen LogP contribution in [0.15, 0.2) is 24.3 Å². The third kappa shape index (κ3) is 2.97. The number of ether oxygens (including phenoxy) is 1. The van der Waals surface area contributed by atoms with Gasteiger partial charge in [0.25, 0.3) is 0 Å². The fourth-order valence-electron chi connectivity index (χ4n) is 6.53. The Labute approximate surface area is 162 Å². The molecule has 3 atom stereocenters. The Morgan fingerprint density at radius 1 is 1.07 bits per heavy atom. The lowest BCUT2D eigenvalue weighted by Gasteiger charge is -2.51. The number of carbonyl (C=O) groups excluding carboxylic acids is 1. The fraction of sp³-hybridized carbons (Fsp3) is 0.696. The molecular formula is C23H32N2O2. The van der Waals surface area contributed by atoms with Gasteiger partial charge in [-0.05, 0) is 56.7 Å². The maximum Gasteiger partial charge on any atom is 0.223 e.